The molecule has 0 aromatic carbocycles. The van der Waals surface area contributed by atoms with Gasteiger partial charge in [0.05, 0.1) is 7.11 Å². The third-order valence-corrected chi connectivity index (χ3v) is 2.70. The van der Waals surface area contributed by atoms with Crippen LogP contribution < -0.4 is 10.1 Å². The molecule has 2 heterocycles. The van der Waals surface area contributed by atoms with E-state index in [-0.39, 0.29) is 0 Å². The van der Waals surface area contributed by atoms with Crippen molar-refractivity contribution in [3.8, 4) is 17.3 Å². The lowest BCUT2D eigenvalue weighted by molar-refractivity contribution is 0.397. The lowest BCUT2D eigenvalue weighted by Gasteiger charge is -2.09. The molecule has 1 N–H and O–H groups in total. The third-order valence-electron chi connectivity index (χ3n) is 2.70. The molecule has 0 amide bonds. The molecule has 6 heteroatoms. The number of nitrogens with one attached hydrogen (secondary N) is 1. The van der Waals surface area contributed by atoms with Crippen LogP contribution in [-0.4, -0.2) is 33.6 Å². The van der Waals surface area contributed by atoms with Crippen molar-refractivity contribution in [2.75, 3.05) is 19.0 Å². The normalized spacial score (nSPS) is 10.3. The standard InChI is InChI=1S/C14H19N5O/c1-4-6-11-18-10(9-12(19-11)15-5-2)13-14(20-3)17-8-7-16-13/h7-9H,4-6H2,1-3H3,(H,15,18,19). The molecule has 2 rings (SSSR count). The first kappa shape index (κ1) is 14.2. The molecule has 0 aliphatic heterocycles. The first-order valence-electron chi connectivity index (χ1n) is 6.75. The van der Waals surface area contributed by atoms with Gasteiger partial charge in [-0.3, -0.25) is 0 Å². The molecule has 2 aromatic heterocycles. The van der Waals surface area contributed by atoms with Crippen LogP contribution in [0.5, 0.6) is 5.88 Å². The van der Waals surface area contributed by atoms with Gasteiger partial charge in [-0.05, 0) is 13.3 Å². The first-order valence-corrected chi connectivity index (χ1v) is 6.75. The predicted octanol–water partition coefficient (Wildman–Crippen LogP) is 2.33. The second-order valence-electron chi connectivity index (χ2n) is 4.25. The maximum atomic E-state index is 5.24. The van der Waals surface area contributed by atoms with E-state index in [2.05, 4.69) is 32.2 Å². The lowest BCUT2D eigenvalue weighted by atomic mass is 10.2. The fourth-order valence-electron chi connectivity index (χ4n) is 1.88. The van der Waals surface area contributed by atoms with Crippen LogP contribution in [0.2, 0.25) is 0 Å². The SMILES string of the molecule is CCCc1nc(NCC)cc(-c2nccnc2OC)n1. The molecular formula is C14H19N5O. The summed E-state index contributed by atoms with van der Waals surface area (Å²) in [6.07, 6.45) is 5.05. The van der Waals surface area contributed by atoms with Crippen molar-refractivity contribution in [2.45, 2.75) is 26.7 Å². The molecule has 106 valence electrons. The number of aromatic nitrogens is 4. The van der Waals surface area contributed by atoms with Gasteiger partial charge in [0.15, 0.2) is 5.69 Å². The van der Waals surface area contributed by atoms with Gasteiger partial charge in [0.2, 0.25) is 5.88 Å². The van der Waals surface area contributed by atoms with Gasteiger partial charge in [-0.25, -0.2) is 19.9 Å². The number of nitrogens with zero attached hydrogens (tertiary/aromatic N) is 4. The number of aryl methyl sites for hydroxylation is 1. The van der Waals surface area contributed by atoms with Crippen molar-refractivity contribution in [2.24, 2.45) is 0 Å². The van der Waals surface area contributed by atoms with E-state index in [1.165, 1.54) is 0 Å². The molecule has 6 nitrogen and oxygen atoms in total. The maximum Gasteiger partial charge on any atom is 0.241 e. The zero-order valence-electron chi connectivity index (χ0n) is 12.1. The van der Waals surface area contributed by atoms with Gasteiger partial charge in [-0.1, -0.05) is 6.92 Å². The molecule has 2 aromatic rings. The van der Waals surface area contributed by atoms with Crippen LogP contribution in [0, 0.1) is 0 Å². The monoisotopic (exact) mass is 273 g/mol. The summed E-state index contributed by atoms with van der Waals surface area (Å²) in [5.41, 5.74) is 1.36. The number of methoxy groups -OCH3 is 1. The summed E-state index contributed by atoms with van der Waals surface area (Å²) < 4.78 is 5.24. The molecule has 0 bridgehead atoms. The second kappa shape index (κ2) is 6.79. The molecule has 0 saturated heterocycles. The number of rotatable bonds is 6. The summed E-state index contributed by atoms with van der Waals surface area (Å²) in [6.45, 7) is 4.94. The van der Waals surface area contributed by atoms with Crippen molar-refractivity contribution in [1.82, 2.24) is 19.9 Å². The van der Waals surface area contributed by atoms with E-state index in [1.54, 1.807) is 19.5 Å². The smallest absolute Gasteiger partial charge is 0.241 e. The molecular weight excluding hydrogens is 254 g/mol. The Kier molecular flexibility index (Phi) is 4.81. The average Bonchev–Trinajstić information content (AvgIpc) is 2.47. The van der Waals surface area contributed by atoms with E-state index in [0.717, 1.165) is 36.7 Å². The quantitative estimate of drug-likeness (QED) is 0.870. The molecule has 0 atom stereocenters. The molecule has 0 aliphatic carbocycles. The van der Waals surface area contributed by atoms with Crippen molar-refractivity contribution in [1.29, 1.82) is 0 Å². The van der Waals surface area contributed by atoms with Gasteiger partial charge in [0, 0.05) is 31.4 Å². The number of hydrogen-bond donors (Lipinski definition) is 1. The van der Waals surface area contributed by atoms with Gasteiger partial charge in [0.25, 0.3) is 0 Å². The Bertz CT molecular complexity index is 549. The van der Waals surface area contributed by atoms with E-state index in [0.29, 0.717) is 11.6 Å². The highest BCUT2D eigenvalue weighted by molar-refractivity contribution is 5.63. The van der Waals surface area contributed by atoms with Gasteiger partial charge in [0.1, 0.15) is 17.3 Å². The Balaban J connectivity index is 2.48. The number of anilines is 1. The van der Waals surface area contributed by atoms with E-state index in [9.17, 15) is 0 Å². The maximum absolute atomic E-state index is 5.24. The molecule has 0 saturated carbocycles. The molecule has 0 unspecified atom stereocenters. The van der Waals surface area contributed by atoms with Crippen LogP contribution in [0.25, 0.3) is 11.4 Å². The molecule has 20 heavy (non-hydrogen) atoms. The summed E-state index contributed by atoms with van der Waals surface area (Å²) in [4.78, 5) is 17.5. The van der Waals surface area contributed by atoms with Crippen LogP contribution in [0.4, 0.5) is 5.82 Å². The average molecular weight is 273 g/mol. The second-order valence-corrected chi connectivity index (χ2v) is 4.25. The zero-order valence-corrected chi connectivity index (χ0v) is 12.1. The van der Waals surface area contributed by atoms with E-state index in [1.807, 2.05) is 13.0 Å². The molecule has 0 spiro atoms. The van der Waals surface area contributed by atoms with Crippen LogP contribution in [0.1, 0.15) is 26.1 Å². The summed E-state index contributed by atoms with van der Waals surface area (Å²) in [5.74, 6) is 2.07. The highest BCUT2D eigenvalue weighted by atomic mass is 16.5. The minimum atomic E-state index is 0.469. The van der Waals surface area contributed by atoms with Crippen molar-refractivity contribution in [3.63, 3.8) is 0 Å². The van der Waals surface area contributed by atoms with Gasteiger partial charge < -0.3 is 10.1 Å². The molecule has 0 radical (unpaired) electrons. The van der Waals surface area contributed by atoms with Gasteiger partial charge in [-0.15, -0.1) is 0 Å². The largest absolute Gasteiger partial charge is 0.479 e. The van der Waals surface area contributed by atoms with E-state index < -0.39 is 0 Å². The topological polar surface area (TPSA) is 72.8 Å². The van der Waals surface area contributed by atoms with Crippen molar-refractivity contribution < 1.29 is 4.74 Å². The molecule has 0 fully saturated rings. The highest BCUT2D eigenvalue weighted by Gasteiger charge is 2.12. The van der Waals surface area contributed by atoms with Crippen molar-refractivity contribution in [3.05, 3.63) is 24.3 Å². The van der Waals surface area contributed by atoms with E-state index >= 15 is 0 Å². The minimum Gasteiger partial charge on any atom is -0.479 e. The lowest BCUT2D eigenvalue weighted by Crippen LogP contribution is -2.05. The zero-order chi connectivity index (χ0) is 14.4. The summed E-state index contributed by atoms with van der Waals surface area (Å²) in [5, 5.41) is 3.21. The Labute approximate surface area is 118 Å². The van der Waals surface area contributed by atoms with E-state index in [4.69, 9.17) is 4.74 Å². The van der Waals surface area contributed by atoms with Crippen LogP contribution in [0.3, 0.4) is 0 Å². The van der Waals surface area contributed by atoms with Crippen molar-refractivity contribution >= 4 is 5.82 Å². The predicted molar refractivity (Wildman–Crippen MR) is 77.8 cm³/mol. The Morgan fingerprint density at radius 2 is 1.95 bits per heavy atom. The third kappa shape index (κ3) is 3.20. The fourth-order valence-corrected chi connectivity index (χ4v) is 1.88. The number of hydrogen-bond acceptors (Lipinski definition) is 6. The summed E-state index contributed by atoms with van der Waals surface area (Å²) >= 11 is 0. The summed E-state index contributed by atoms with van der Waals surface area (Å²) in [6, 6.07) is 1.87. The number of ether oxygens (including phenoxy) is 1. The molecule has 0 aliphatic rings. The summed E-state index contributed by atoms with van der Waals surface area (Å²) in [7, 11) is 1.58. The van der Waals surface area contributed by atoms with Crippen LogP contribution in [-0.2, 0) is 6.42 Å². The minimum absolute atomic E-state index is 0.469. The Morgan fingerprint density at radius 1 is 1.15 bits per heavy atom. The first-order chi connectivity index (χ1) is 9.78. The fraction of sp³-hybridized carbons (Fsp3) is 0.429. The Morgan fingerprint density at radius 3 is 2.65 bits per heavy atom. The van der Waals surface area contributed by atoms with Gasteiger partial charge >= 0.3 is 0 Å². The Hall–Kier alpha value is -2.24. The van der Waals surface area contributed by atoms with Gasteiger partial charge in [-0.2, -0.15) is 0 Å². The van der Waals surface area contributed by atoms with Crippen LogP contribution in [0.15, 0.2) is 18.5 Å². The highest BCUT2D eigenvalue weighted by Crippen LogP contribution is 2.25. The van der Waals surface area contributed by atoms with Crippen LogP contribution >= 0.6 is 0 Å².